The van der Waals surface area contributed by atoms with Crippen molar-refractivity contribution in [1.29, 1.82) is 0 Å². The molecule has 1 aliphatic rings. The Labute approximate surface area is 208 Å². The fourth-order valence-corrected chi connectivity index (χ4v) is 4.28. The number of amides is 1. The molecule has 0 unspecified atom stereocenters. The first-order chi connectivity index (χ1) is 17.5. The molecule has 0 saturated heterocycles. The van der Waals surface area contributed by atoms with Crippen LogP contribution in [0.25, 0.3) is 0 Å². The highest BCUT2D eigenvalue weighted by atomic mass is 16.5. The van der Waals surface area contributed by atoms with E-state index in [0.29, 0.717) is 23.7 Å². The van der Waals surface area contributed by atoms with Crippen molar-refractivity contribution >= 4 is 11.7 Å². The van der Waals surface area contributed by atoms with Gasteiger partial charge in [0.1, 0.15) is 18.1 Å². The van der Waals surface area contributed by atoms with Crippen LogP contribution in [0.15, 0.2) is 107 Å². The number of carbonyl (C=O) groups is 2. The highest BCUT2D eigenvalue weighted by molar-refractivity contribution is 6.15. The van der Waals surface area contributed by atoms with Crippen LogP contribution in [0.4, 0.5) is 0 Å². The summed E-state index contributed by atoms with van der Waals surface area (Å²) in [6, 6.07) is 23.0. The van der Waals surface area contributed by atoms with Gasteiger partial charge in [-0.3, -0.25) is 14.6 Å². The molecule has 180 valence electrons. The Bertz CT molecular complexity index is 1430. The van der Waals surface area contributed by atoms with E-state index in [-0.39, 0.29) is 17.9 Å². The molecule has 5 rings (SSSR count). The van der Waals surface area contributed by atoms with Crippen molar-refractivity contribution in [3.8, 4) is 5.75 Å². The van der Waals surface area contributed by atoms with Crippen LogP contribution in [0.5, 0.6) is 5.75 Å². The zero-order valence-corrected chi connectivity index (χ0v) is 19.6. The van der Waals surface area contributed by atoms with Gasteiger partial charge in [-0.1, -0.05) is 42.5 Å². The predicted molar refractivity (Wildman–Crippen MR) is 132 cm³/mol. The van der Waals surface area contributed by atoms with E-state index in [2.05, 4.69) is 4.98 Å². The summed E-state index contributed by atoms with van der Waals surface area (Å²) in [6.45, 7) is 2.28. The fourth-order valence-electron chi connectivity index (χ4n) is 4.28. The van der Waals surface area contributed by atoms with Gasteiger partial charge < -0.3 is 19.2 Å². The van der Waals surface area contributed by atoms with Crippen LogP contribution < -0.4 is 4.74 Å². The minimum atomic E-state index is -0.830. The summed E-state index contributed by atoms with van der Waals surface area (Å²) in [5.74, 6) is -0.535. The molecule has 0 aliphatic carbocycles. The van der Waals surface area contributed by atoms with E-state index in [0.717, 1.165) is 11.1 Å². The molecule has 2 aromatic carbocycles. The number of nitrogens with zero attached hydrogens (tertiary/aromatic N) is 2. The molecule has 0 bridgehead atoms. The molecule has 1 N–H and O–H groups in total. The maximum atomic E-state index is 13.5. The van der Waals surface area contributed by atoms with E-state index in [9.17, 15) is 14.7 Å². The highest BCUT2D eigenvalue weighted by Gasteiger charge is 2.44. The quantitative estimate of drug-likeness (QED) is 0.342. The molecule has 0 fully saturated rings. The number of aryl methyl sites for hydroxylation is 1. The highest BCUT2D eigenvalue weighted by Crippen LogP contribution is 2.41. The lowest BCUT2D eigenvalue weighted by Gasteiger charge is -2.27. The Morgan fingerprint density at radius 2 is 1.78 bits per heavy atom. The number of ether oxygens (including phenoxy) is 1. The average Bonchev–Trinajstić information content (AvgIpc) is 3.45. The van der Waals surface area contributed by atoms with E-state index in [1.807, 2.05) is 42.5 Å². The number of aliphatic hydroxyl groups excluding tert-OH is 1. The zero-order chi connectivity index (χ0) is 25.1. The number of aliphatic hydroxyl groups is 1. The number of pyridine rings is 1. The summed E-state index contributed by atoms with van der Waals surface area (Å²) in [7, 11) is 0. The number of benzene rings is 2. The molecule has 36 heavy (non-hydrogen) atoms. The Hall–Kier alpha value is -4.65. The summed E-state index contributed by atoms with van der Waals surface area (Å²) >= 11 is 0. The SMILES string of the molecule is Cc1ccc(C(=O)C2=C(O)C(=O)N(Cc3ccncc3)[C@H]2c2cccc(OCc3ccccc3)c2)o1. The van der Waals surface area contributed by atoms with E-state index in [1.54, 1.807) is 55.7 Å². The van der Waals surface area contributed by atoms with Gasteiger partial charge in [-0.25, -0.2) is 0 Å². The van der Waals surface area contributed by atoms with Gasteiger partial charge >= 0.3 is 0 Å². The van der Waals surface area contributed by atoms with Gasteiger partial charge in [0, 0.05) is 18.9 Å². The summed E-state index contributed by atoms with van der Waals surface area (Å²) < 4.78 is 11.5. The number of Topliss-reactive ketones (excluding diaryl/α,β-unsaturated/α-hetero) is 1. The Morgan fingerprint density at radius 1 is 1.00 bits per heavy atom. The van der Waals surface area contributed by atoms with Crippen molar-refractivity contribution in [2.75, 3.05) is 0 Å². The first-order valence-electron chi connectivity index (χ1n) is 11.5. The van der Waals surface area contributed by atoms with Crippen molar-refractivity contribution in [3.63, 3.8) is 0 Å². The van der Waals surface area contributed by atoms with E-state index < -0.39 is 23.5 Å². The third-order valence-corrected chi connectivity index (χ3v) is 6.04. The second-order valence-electron chi connectivity index (χ2n) is 8.54. The topological polar surface area (TPSA) is 92.9 Å². The normalized spacial score (nSPS) is 15.4. The Kier molecular flexibility index (Phi) is 6.36. The van der Waals surface area contributed by atoms with E-state index in [4.69, 9.17) is 9.15 Å². The third-order valence-electron chi connectivity index (χ3n) is 6.04. The van der Waals surface area contributed by atoms with E-state index >= 15 is 0 Å². The predicted octanol–water partition coefficient (Wildman–Crippen LogP) is 5.34. The maximum Gasteiger partial charge on any atom is 0.290 e. The molecule has 7 heteroatoms. The summed E-state index contributed by atoms with van der Waals surface area (Å²) in [6.07, 6.45) is 3.27. The molecule has 0 spiro atoms. The largest absolute Gasteiger partial charge is 0.503 e. The van der Waals surface area contributed by atoms with Gasteiger partial charge in [-0.2, -0.15) is 0 Å². The lowest BCUT2D eigenvalue weighted by Crippen LogP contribution is -2.30. The standard InChI is InChI=1S/C29H24N2O5/c1-19-10-11-24(36-19)27(32)25-26(31(29(34)28(25)33)17-20-12-14-30-15-13-20)22-8-5-9-23(16-22)35-18-21-6-3-2-4-7-21/h2-16,26,33H,17-18H2,1H3/t26-/m0/s1. The third kappa shape index (κ3) is 4.63. The van der Waals surface area contributed by atoms with Crippen LogP contribution >= 0.6 is 0 Å². The number of hydrogen-bond donors (Lipinski definition) is 1. The number of aromatic nitrogens is 1. The van der Waals surface area contributed by atoms with Crippen LogP contribution in [0.1, 0.15) is 39.0 Å². The molecule has 1 amide bonds. The summed E-state index contributed by atoms with van der Waals surface area (Å²) in [5, 5.41) is 10.9. The lowest BCUT2D eigenvalue weighted by molar-refractivity contribution is -0.130. The first kappa shape index (κ1) is 23.1. The van der Waals surface area contributed by atoms with Crippen LogP contribution in [0, 0.1) is 6.92 Å². The number of carbonyl (C=O) groups excluding carboxylic acids is 2. The zero-order valence-electron chi connectivity index (χ0n) is 19.6. The molecule has 2 aromatic heterocycles. The van der Waals surface area contributed by atoms with Gasteiger partial charge in [0.25, 0.3) is 5.91 Å². The maximum absolute atomic E-state index is 13.5. The smallest absolute Gasteiger partial charge is 0.290 e. The molecule has 1 atom stereocenters. The van der Waals surface area contributed by atoms with Crippen molar-refractivity contribution in [2.24, 2.45) is 0 Å². The molecule has 1 aliphatic heterocycles. The van der Waals surface area contributed by atoms with Crippen molar-refractivity contribution < 1.29 is 23.8 Å². The molecule has 7 nitrogen and oxygen atoms in total. The molecular formula is C29H24N2O5. The molecule has 3 heterocycles. The fraction of sp³-hybridized carbons (Fsp3) is 0.138. The molecule has 4 aromatic rings. The van der Waals surface area contributed by atoms with Gasteiger partial charge in [0.05, 0.1) is 11.6 Å². The monoisotopic (exact) mass is 480 g/mol. The van der Waals surface area contributed by atoms with Gasteiger partial charge in [-0.15, -0.1) is 0 Å². The van der Waals surface area contributed by atoms with Crippen LogP contribution in [0.3, 0.4) is 0 Å². The van der Waals surface area contributed by atoms with Crippen molar-refractivity contribution in [1.82, 2.24) is 9.88 Å². The van der Waals surface area contributed by atoms with Crippen molar-refractivity contribution in [3.05, 3.63) is 131 Å². The minimum absolute atomic E-state index is 0.0244. The first-order valence-corrected chi connectivity index (χ1v) is 11.5. The van der Waals surface area contributed by atoms with Gasteiger partial charge in [-0.05, 0) is 60.0 Å². The second-order valence-corrected chi connectivity index (χ2v) is 8.54. The van der Waals surface area contributed by atoms with Crippen LogP contribution in [0.2, 0.25) is 0 Å². The van der Waals surface area contributed by atoms with Gasteiger partial charge in [0.15, 0.2) is 11.5 Å². The Morgan fingerprint density at radius 3 is 2.50 bits per heavy atom. The number of rotatable bonds is 8. The number of furan rings is 1. The van der Waals surface area contributed by atoms with Crippen LogP contribution in [-0.4, -0.2) is 26.7 Å². The number of ketones is 1. The average molecular weight is 481 g/mol. The summed E-state index contributed by atoms with van der Waals surface area (Å²) in [4.78, 5) is 32.2. The second kappa shape index (κ2) is 9.92. The number of hydrogen-bond acceptors (Lipinski definition) is 6. The lowest BCUT2D eigenvalue weighted by atomic mass is 9.94. The molecule has 0 radical (unpaired) electrons. The minimum Gasteiger partial charge on any atom is -0.503 e. The van der Waals surface area contributed by atoms with E-state index in [1.165, 1.54) is 4.90 Å². The Balaban J connectivity index is 1.52. The van der Waals surface area contributed by atoms with Crippen molar-refractivity contribution in [2.45, 2.75) is 26.1 Å². The molecule has 0 saturated carbocycles. The summed E-state index contributed by atoms with van der Waals surface area (Å²) in [5.41, 5.74) is 2.44. The van der Waals surface area contributed by atoms with Gasteiger partial charge in [0.2, 0.25) is 5.78 Å². The van der Waals surface area contributed by atoms with Crippen LogP contribution in [-0.2, 0) is 17.9 Å². The molecular weight excluding hydrogens is 456 g/mol.